The van der Waals surface area contributed by atoms with Crippen molar-refractivity contribution in [1.82, 2.24) is 9.62 Å². The number of hydrogen-bond donors (Lipinski definition) is 1. The normalized spacial score (nSPS) is 14.7. The Bertz CT molecular complexity index is 1160. The molecule has 1 atom stereocenters. The van der Waals surface area contributed by atoms with E-state index in [1.165, 1.54) is 17.7 Å². The Morgan fingerprint density at radius 1 is 0.935 bits per heavy atom. The fourth-order valence-corrected chi connectivity index (χ4v) is 5.26. The largest absolute Gasteiger partial charge is 0.337 e. The number of sulfonamides is 1. The van der Waals surface area contributed by atoms with Crippen LogP contribution in [-0.2, 0) is 34.2 Å². The summed E-state index contributed by atoms with van der Waals surface area (Å²) < 4.78 is 29.5. The van der Waals surface area contributed by atoms with E-state index in [0.717, 1.165) is 22.0 Å². The third kappa shape index (κ3) is 5.23. The Morgan fingerprint density at radius 2 is 1.58 bits per heavy atom. The summed E-state index contributed by atoms with van der Waals surface area (Å²) >= 11 is 3.32. The quantitative estimate of drug-likeness (QED) is 0.559. The van der Waals surface area contributed by atoms with Gasteiger partial charge in [-0.3, -0.25) is 4.79 Å². The van der Waals surface area contributed by atoms with Gasteiger partial charge in [0.15, 0.2) is 0 Å². The number of nitrogens with zero attached hydrogens (tertiary/aromatic N) is 1. The van der Waals surface area contributed by atoms with E-state index in [1.54, 1.807) is 17.0 Å². The van der Waals surface area contributed by atoms with Crippen molar-refractivity contribution < 1.29 is 13.2 Å². The molecule has 5 nitrogen and oxygen atoms in total. The van der Waals surface area contributed by atoms with Crippen LogP contribution in [0.5, 0.6) is 0 Å². The lowest BCUT2D eigenvalue weighted by Gasteiger charge is -2.32. The van der Waals surface area contributed by atoms with Gasteiger partial charge < -0.3 is 4.90 Å². The summed E-state index contributed by atoms with van der Waals surface area (Å²) in [5.41, 5.74) is 3.25. The molecule has 0 bridgehead atoms. The van der Waals surface area contributed by atoms with E-state index in [9.17, 15) is 13.2 Å². The lowest BCUT2D eigenvalue weighted by atomic mass is 9.98. The molecule has 0 saturated heterocycles. The number of halogens is 1. The maximum absolute atomic E-state index is 13.5. The van der Waals surface area contributed by atoms with Crippen LogP contribution in [0.3, 0.4) is 0 Å². The first-order chi connectivity index (χ1) is 14.9. The predicted octanol–water partition coefficient (Wildman–Crippen LogP) is 3.92. The monoisotopic (exact) mass is 498 g/mol. The number of carbonyl (C=O) groups excluding carboxylic acids is 1. The van der Waals surface area contributed by atoms with Crippen molar-refractivity contribution in [2.75, 3.05) is 6.54 Å². The molecule has 4 rings (SSSR count). The van der Waals surface area contributed by atoms with Crippen molar-refractivity contribution in [3.63, 3.8) is 0 Å². The topological polar surface area (TPSA) is 66.5 Å². The number of nitrogens with one attached hydrogen (secondary N) is 1. The molecule has 1 aliphatic rings. The molecule has 3 aromatic carbocycles. The highest BCUT2D eigenvalue weighted by molar-refractivity contribution is 9.10. The highest BCUT2D eigenvalue weighted by atomic mass is 79.9. The molecular formula is C24H23BrN2O3S. The zero-order valence-corrected chi connectivity index (χ0v) is 19.3. The molecule has 1 heterocycles. The van der Waals surface area contributed by atoms with Gasteiger partial charge in [0.05, 0.1) is 4.90 Å². The first kappa shape index (κ1) is 21.7. The van der Waals surface area contributed by atoms with Crippen LogP contribution in [0.15, 0.2) is 88.2 Å². The molecule has 1 aliphatic heterocycles. The molecule has 0 spiro atoms. The zero-order valence-electron chi connectivity index (χ0n) is 16.9. The first-order valence-electron chi connectivity index (χ1n) is 10.1. The number of benzene rings is 3. The summed E-state index contributed by atoms with van der Waals surface area (Å²) in [6.07, 6.45) is 1.05. The van der Waals surface area contributed by atoms with Gasteiger partial charge in [0.1, 0.15) is 6.04 Å². The number of fused-ring (bicyclic) bond motifs is 1. The molecule has 0 saturated carbocycles. The Kier molecular flexibility index (Phi) is 6.55. The van der Waals surface area contributed by atoms with E-state index >= 15 is 0 Å². The lowest BCUT2D eigenvalue weighted by molar-refractivity contribution is -0.133. The van der Waals surface area contributed by atoms with Crippen molar-refractivity contribution in [3.8, 4) is 0 Å². The molecule has 0 unspecified atom stereocenters. The number of amides is 1. The third-order valence-corrected chi connectivity index (χ3v) is 7.46. The van der Waals surface area contributed by atoms with Gasteiger partial charge in [-0.2, -0.15) is 4.72 Å². The molecule has 0 aromatic heterocycles. The standard InChI is InChI=1S/C24H23BrN2O3S/c25-21-10-12-22(13-11-21)31(29,30)26-23(16-18-6-2-1-3-7-18)24(28)27-15-14-19-8-4-5-9-20(19)17-27/h1-13,23,26H,14-17H2/t23-/m1/s1. The van der Waals surface area contributed by atoms with Crippen LogP contribution in [0.25, 0.3) is 0 Å². The van der Waals surface area contributed by atoms with Crippen molar-refractivity contribution in [1.29, 1.82) is 0 Å². The second kappa shape index (κ2) is 9.34. The molecule has 31 heavy (non-hydrogen) atoms. The van der Waals surface area contributed by atoms with Crippen molar-refractivity contribution in [2.45, 2.75) is 30.3 Å². The Morgan fingerprint density at radius 3 is 2.29 bits per heavy atom. The first-order valence-corrected chi connectivity index (χ1v) is 12.4. The number of carbonyl (C=O) groups is 1. The second-order valence-electron chi connectivity index (χ2n) is 7.60. The fourth-order valence-electron chi connectivity index (χ4n) is 3.80. The summed E-state index contributed by atoms with van der Waals surface area (Å²) in [5.74, 6) is -0.209. The number of hydrogen-bond acceptors (Lipinski definition) is 3. The molecule has 0 fully saturated rings. The van der Waals surface area contributed by atoms with Gasteiger partial charge in [0.25, 0.3) is 0 Å². The van der Waals surface area contributed by atoms with Crippen LogP contribution in [0, 0.1) is 0 Å². The van der Waals surface area contributed by atoms with Crippen molar-refractivity contribution in [2.24, 2.45) is 0 Å². The molecule has 0 aliphatic carbocycles. The Balaban J connectivity index is 1.60. The van der Waals surface area contributed by atoms with Gasteiger partial charge in [-0.15, -0.1) is 0 Å². The van der Waals surface area contributed by atoms with Crippen LogP contribution in [0.1, 0.15) is 16.7 Å². The minimum absolute atomic E-state index is 0.130. The molecule has 7 heteroatoms. The molecule has 3 aromatic rings. The SMILES string of the molecule is O=C([C@@H](Cc1ccccc1)NS(=O)(=O)c1ccc(Br)cc1)N1CCc2ccccc2C1. The Labute approximate surface area is 191 Å². The third-order valence-electron chi connectivity index (χ3n) is 5.44. The summed E-state index contributed by atoms with van der Waals surface area (Å²) in [5, 5.41) is 0. The van der Waals surface area contributed by atoms with Crippen LogP contribution < -0.4 is 4.72 Å². The van der Waals surface area contributed by atoms with Crippen LogP contribution >= 0.6 is 15.9 Å². The van der Waals surface area contributed by atoms with Gasteiger partial charge in [0, 0.05) is 17.6 Å². The lowest BCUT2D eigenvalue weighted by Crippen LogP contribution is -2.50. The average molecular weight is 499 g/mol. The smallest absolute Gasteiger partial charge is 0.241 e. The predicted molar refractivity (Wildman–Crippen MR) is 124 cm³/mol. The van der Waals surface area contributed by atoms with Gasteiger partial charge in [-0.25, -0.2) is 8.42 Å². The maximum atomic E-state index is 13.5. The minimum atomic E-state index is -3.86. The molecule has 0 radical (unpaired) electrons. The summed E-state index contributed by atoms with van der Waals surface area (Å²) in [4.78, 5) is 15.3. The zero-order chi connectivity index (χ0) is 21.8. The van der Waals surface area contributed by atoms with Gasteiger partial charge in [0.2, 0.25) is 15.9 Å². The summed E-state index contributed by atoms with van der Waals surface area (Å²) in [6.45, 7) is 1.06. The minimum Gasteiger partial charge on any atom is -0.337 e. The molecular weight excluding hydrogens is 476 g/mol. The van der Waals surface area contributed by atoms with Crippen molar-refractivity contribution in [3.05, 3.63) is 100 Å². The Hall–Kier alpha value is -2.48. The van der Waals surface area contributed by atoms with Gasteiger partial charge in [-0.05, 0) is 53.8 Å². The number of rotatable bonds is 6. The van der Waals surface area contributed by atoms with E-state index in [1.807, 2.05) is 48.5 Å². The summed E-state index contributed by atoms with van der Waals surface area (Å²) in [7, 11) is -3.86. The van der Waals surface area contributed by atoms with Crippen LogP contribution in [0.4, 0.5) is 0 Å². The highest BCUT2D eigenvalue weighted by Crippen LogP contribution is 2.21. The van der Waals surface area contributed by atoms with Crippen LogP contribution in [0.2, 0.25) is 0 Å². The van der Waals surface area contributed by atoms with Crippen molar-refractivity contribution >= 4 is 31.9 Å². The summed E-state index contributed by atoms with van der Waals surface area (Å²) in [6, 6.07) is 23.0. The molecule has 160 valence electrons. The van der Waals surface area contributed by atoms with Gasteiger partial charge >= 0.3 is 0 Å². The van der Waals surface area contributed by atoms with Gasteiger partial charge in [-0.1, -0.05) is 70.5 Å². The van der Waals surface area contributed by atoms with E-state index in [-0.39, 0.29) is 17.2 Å². The average Bonchev–Trinajstić information content (AvgIpc) is 2.78. The van der Waals surface area contributed by atoms with E-state index < -0.39 is 16.1 Å². The maximum Gasteiger partial charge on any atom is 0.241 e. The fraction of sp³-hybridized carbons (Fsp3) is 0.208. The second-order valence-corrected chi connectivity index (χ2v) is 10.2. The van der Waals surface area contributed by atoms with E-state index in [4.69, 9.17) is 0 Å². The van der Waals surface area contributed by atoms with E-state index in [2.05, 4.69) is 26.7 Å². The van der Waals surface area contributed by atoms with Crippen LogP contribution in [-0.4, -0.2) is 31.8 Å². The highest BCUT2D eigenvalue weighted by Gasteiger charge is 2.31. The van der Waals surface area contributed by atoms with E-state index in [0.29, 0.717) is 13.1 Å². The molecule has 1 N–H and O–H groups in total. The molecule has 1 amide bonds.